The maximum Gasteiger partial charge on any atom is 0.0500 e. The van der Waals surface area contributed by atoms with E-state index >= 15 is 0 Å². The summed E-state index contributed by atoms with van der Waals surface area (Å²) >= 11 is 9.41. The first kappa shape index (κ1) is 14.5. The molecule has 0 fully saturated rings. The maximum atomic E-state index is 5.89. The van der Waals surface area contributed by atoms with Gasteiger partial charge in [0.1, 0.15) is 0 Å². The number of hydrogen-bond donors (Lipinski definition) is 2. The highest BCUT2D eigenvalue weighted by molar-refractivity contribution is 9.10. The fourth-order valence-corrected chi connectivity index (χ4v) is 2.85. The van der Waals surface area contributed by atoms with Gasteiger partial charge < -0.3 is 0 Å². The third-order valence-corrected chi connectivity index (χ3v) is 3.73. The quantitative estimate of drug-likeness (QED) is 0.648. The molecule has 0 radical (unpaired) electrons. The number of benzene rings is 2. The Hall–Kier alpha value is -0.870. The van der Waals surface area contributed by atoms with Crippen molar-refractivity contribution >= 4 is 27.5 Å². The molecule has 1 atom stereocenters. The molecule has 0 heterocycles. The van der Waals surface area contributed by atoms with Crippen molar-refractivity contribution in [2.45, 2.75) is 19.4 Å². The van der Waals surface area contributed by atoms with E-state index in [1.807, 2.05) is 24.3 Å². The number of aryl methyl sites for hydroxylation is 1. The molecule has 0 aliphatic carbocycles. The highest BCUT2D eigenvalue weighted by Crippen LogP contribution is 2.23. The van der Waals surface area contributed by atoms with Gasteiger partial charge in [-0.3, -0.25) is 11.3 Å². The summed E-state index contributed by atoms with van der Waals surface area (Å²) in [7, 11) is 0. The molecule has 0 aliphatic heterocycles. The Morgan fingerprint density at radius 3 is 2.47 bits per heavy atom. The zero-order chi connectivity index (χ0) is 13.8. The van der Waals surface area contributed by atoms with Crippen LogP contribution in [0.3, 0.4) is 0 Å². The molecule has 2 nitrogen and oxygen atoms in total. The largest absolute Gasteiger partial charge is 0.271 e. The van der Waals surface area contributed by atoms with E-state index in [9.17, 15) is 0 Å². The Morgan fingerprint density at radius 2 is 1.89 bits per heavy atom. The summed E-state index contributed by atoms with van der Waals surface area (Å²) in [6.07, 6.45) is 0.823. The molecule has 0 saturated heterocycles. The van der Waals surface area contributed by atoms with Gasteiger partial charge in [-0.2, -0.15) is 0 Å². The van der Waals surface area contributed by atoms with Crippen LogP contribution in [0, 0.1) is 6.92 Å². The molecule has 2 aromatic carbocycles. The normalized spacial score (nSPS) is 12.4. The monoisotopic (exact) mass is 338 g/mol. The predicted octanol–water partition coefficient (Wildman–Crippen LogP) is 4.16. The van der Waals surface area contributed by atoms with Crippen LogP contribution in [0.25, 0.3) is 0 Å². The van der Waals surface area contributed by atoms with E-state index in [0.29, 0.717) is 0 Å². The van der Waals surface area contributed by atoms with Crippen molar-refractivity contribution < 1.29 is 0 Å². The van der Waals surface area contributed by atoms with Crippen LogP contribution < -0.4 is 11.3 Å². The van der Waals surface area contributed by atoms with Crippen molar-refractivity contribution in [1.82, 2.24) is 5.43 Å². The van der Waals surface area contributed by atoms with Crippen molar-refractivity contribution in [3.8, 4) is 0 Å². The third kappa shape index (κ3) is 4.05. The van der Waals surface area contributed by atoms with Crippen LogP contribution in [-0.2, 0) is 6.42 Å². The Bertz CT molecular complexity index is 534. The van der Waals surface area contributed by atoms with E-state index in [0.717, 1.165) is 15.9 Å². The summed E-state index contributed by atoms with van der Waals surface area (Å²) in [4.78, 5) is 0. The smallest absolute Gasteiger partial charge is 0.0500 e. The first-order chi connectivity index (χ1) is 9.08. The highest BCUT2D eigenvalue weighted by Gasteiger charge is 2.11. The summed E-state index contributed by atoms with van der Waals surface area (Å²) < 4.78 is 1.07. The minimum atomic E-state index is 0.0809. The highest BCUT2D eigenvalue weighted by atomic mass is 79.9. The second-order valence-corrected chi connectivity index (χ2v) is 5.96. The lowest BCUT2D eigenvalue weighted by atomic mass is 9.98. The van der Waals surface area contributed by atoms with E-state index in [4.69, 9.17) is 17.4 Å². The van der Waals surface area contributed by atoms with Crippen LogP contribution in [0.5, 0.6) is 0 Å². The molecule has 19 heavy (non-hydrogen) atoms. The first-order valence-corrected chi connectivity index (χ1v) is 7.23. The van der Waals surface area contributed by atoms with Gasteiger partial charge in [-0.25, -0.2) is 0 Å². The third-order valence-electron chi connectivity index (χ3n) is 3.02. The SMILES string of the molecule is Cc1cc(Br)cc(C(Cc2ccc(Cl)cc2)NN)c1. The lowest BCUT2D eigenvalue weighted by Gasteiger charge is -2.17. The van der Waals surface area contributed by atoms with E-state index in [1.165, 1.54) is 16.7 Å². The van der Waals surface area contributed by atoms with Crippen LogP contribution in [0.15, 0.2) is 46.9 Å². The average molecular weight is 340 g/mol. The summed E-state index contributed by atoms with van der Waals surface area (Å²) in [5.74, 6) is 5.69. The summed E-state index contributed by atoms with van der Waals surface area (Å²) in [5.41, 5.74) is 6.46. The number of nitrogens with two attached hydrogens (primary N) is 1. The number of halogens is 2. The molecule has 0 bridgehead atoms. The molecular weight excluding hydrogens is 324 g/mol. The van der Waals surface area contributed by atoms with Gasteiger partial charge >= 0.3 is 0 Å². The molecule has 1 unspecified atom stereocenters. The van der Waals surface area contributed by atoms with Crippen LogP contribution in [-0.4, -0.2) is 0 Å². The molecule has 0 amide bonds. The van der Waals surface area contributed by atoms with Gasteiger partial charge in [-0.15, -0.1) is 0 Å². The van der Waals surface area contributed by atoms with E-state index in [-0.39, 0.29) is 6.04 Å². The number of nitrogens with one attached hydrogen (secondary N) is 1. The Morgan fingerprint density at radius 1 is 1.21 bits per heavy atom. The van der Waals surface area contributed by atoms with Gasteiger partial charge in [-0.05, 0) is 54.3 Å². The molecular formula is C15H16BrClN2. The van der Waals surface area contributed by atoms with Crippen molar-refractivity contribution in [2.24, 2.45) is 5.84 Å². The van der Waals surface area contributed by atoms with Crippen LogP contribution >= 0.6 is 27.5 Å². The van der Waals surface area contributed by atoms with Gasteiger partial charge in [0.15, 0.2) is 0 Å². The standard InChI is InChI=1S/C15H16BrClN2/c1-10-6-12(9-13(16)7-10)15(19-18)8-11-2-4-14(17)5-3-11/h2-7,9,15,19H,8,18H2,1H3. The lowest BCUT2D eigenvalue weighted by molar-refractivity contribution is 0.551. The topological polar surface area (TPSA) is 38.0 Å². The van der Waals surface area contributed by atoms with Gasteiger partial charge in [0.2, 0.25) is 0 Å². The van der Waals surface area contributed by atoms with Crippen LogP contribution in [0.4, 0.5) is 0 Å². The zero-order valence-electron chi connectivity index (χ0n) is 10.7. The summed E-state index contributed by atoms with van der Waals surface area (Å²) in [6.45, 7) is 2.07. The van der Waals surface area contributed by atoms with Gasteiger partial charge in [0.25, 0.3) is 0 Å². The molecule has 0 aromatic heterocycles. The molecule has 0 saturated carbocycles. The number of hydrogen-bond acceptors (Lipinski definition) is 2. The molecule has 3 N–H and O–H groups in total. The minimum Gasteiger partial charge on any atom is -0.271 e. The van der Waals surface area contributed by atoms with Gasteiger partial charge in [-0.1, -0.05) is 45.7 Å². The summed E-state index contributed by atoms with van der Waals surface area (Å²) in [6, 6.07) is 14.2. The van der Waals surface area contributed by atoms with Crippen molar-refractivity contribution in [3.05, 3.63) is 68.7 Å². The molecule has 100 valence electrons. The Kier molecular flexibility index (Phi) is 4.99. The van der Waals surface area contributed by atoms with E-state index in [2.05, 4.69) is 46.5 Å². The van der Waals surface area contributed by atoms with E-state index < -0.39 is 0 Å². The van der Waals surface area contributed by atoms with E-state index in [1.54, 1.807) is 0 Å². The zero-order valence-corrected chi connectivity index (χ0v) is 13.0. The Balaban J connectivity index is 2.22. The number of hydrazine groups is 1. The second kappa shape index (κ2) is 6.53. The molecule has 4 heteroatoms. The summed E-state index contributed by atoms with van der Waals surface area (Å²) in [5, 5.41) is 0.749. The fourth-order valence-electron chi connectivity index (χ4n) is 2.09. The minimum absolute atomic E-state index is 0.0809. The molecule has 2 aromatic rings. The first-order valence-electron chi connectivity index (χ1n) is 6.06. The van der Waals surface area contributed by atoms with Crippen LogP contribution in [0.2, 0.25) is 5.02 Å². The maximum absolute atomic E-state index is 5.89. The molecule has 0 aliphatic rings. The van der Waals surface area contributed by atoms with Crippen molar-refractivity contribution in [3.63, 3.8) is 0 Å². The van der Waals surface area contributed by atoms with Crippen LogP contribution in [0.1, 0.15) is 22.7 Å². The van der Waals surface area contributed by atoms with Crippen molar-refractivity contribution in [2.75, 3.05) is 0 Å². The molecule has 0 spiro atoms. The predicted molar refractivity (Wildman–Crippen MR) is 84.1 cm³/mol. The average Bonchev–Trinajstić information content (AvgIpc) is 2.37. The van der Waals surface area contributed by atoms with Gasteiger partial charge in [0.05, 0.1) is 6.04 Å². The Labute approximate surface area is 127 Å². The molecule has 2 rings (SSSR count). The van der Waals surface area contributed by atoms with Gasteiger partial charge in [0, 0.05) is 9.50 Å². The second-order valence-electron chi connectivity index (χ2n) is 4.61. The fraction of sp³-hybridized carbons (Fsp3) is 0.200. The lowest BCUT2D eigenvalue weighted by Crippen LogP contribution is -2.29. The van der Waals surface area contributed by atoms with Crippen molar-refractivity contribution in [1.29, 1.82) is 0 Å². The number of rotatable bonds is 4.